The van der Waals surface area contributed by atoms with Gasteiger partial charge in [0.2, 0.25) is 0 Å². The Balaban J connectivity index is 2.34. The molecule has 3 N–H and O–H groups in total. The third kappa shape index (κ3) is 3.28. The zero-order valence-corrected chi connectivity index (χ0v) is 10.2. The van der Waals surface area contributed by atoms with Crippen LogP contribution in [0.5, 0.6) is 5.75 Å². The van der Waals surface area contributed by atoms with E-state index in [-0.39, 0.29) is 12.4 Å². The molecule has 0 saturated carbocycles. The highest BCUT2D eigenvalue weighted by atomic mass is 19.4. The van der Waals surface area contributed by atoms with Gasteiger partial charge in [0, 0.05) is 6.07 Å². The van der Waals surface area contributed by atoms with Crippen LogP contribution in [0, 0.1) is 0 Å². The van der Waals surface area contributed by atoms with Gasteiger partial charge in [-0.05, 0) is 12.1 Å². The topological polar surface area (TPSA) is 73.3 Å². The molecule has 1 atom stereocenters. The minimum absolute atomic E-state index is 0.301. The normalized spacial score (nSPS) is 13.2. The van der Waals surface area contributed by atoms with Crippen LogP contribution >= 0.6 is 0 Å². The van der Waals surface area contributed by atoms with Crippen molar-refractivity contribution in [1.29, 1.82) is 0 Å². The third-order valence-electron chi connectivity index (χ3n) is 2.57. The van der Waals surface area contributed by atoms with Gasteiger partial charge in [-0.3, -0.25) is 0 Å². The van der Waals surface area contributed by atoms with E-state index in [4.69, 9.17) is 10.8 Å². The number of rotatable bonds is 4. The Labute approximate surface area is 112 Å². The second-order valence-corrected chi connectivity index (χ2v) is 4.02. The number of halogens is 3. The van der Waals surface area contributed by atoms with Gasteiger partial charge >= 0.3 is 6.36 Å². The lowest BCUT2D eigenvalue weighted by molar-refractivity contribution is -0.274. The second kappa shape index (κ2) is 5.51. The van der Waals surface area contributed by atoms with Crippen molar-refractivity contribution in [3.05, 3.63) is 42.5 Å². The molecule has 0 amide bonds. The number of aliphatic hydroxyl groups is 1. The number of aliphatic hydroxyl groups excluding tert-OH is 1. The van der Waals surface area contributed by atoms with Crippen molar-refractivity contribution < 1.29 is 23.0 Å². The Bertz CT molecular complexity index is 583. The quantitative estimate of drug-likeness (QED) is 0.898. The summed E-state index contributed by atoms with van der Waals surface area (Å²) in [6.45, 7) is -0.301. The maximum Gasteiger partial charge on any atom is 0.573 e. The standard InChI is InChI=1S/C12H12F3N3O2/c13-12(14,15)20-9-3-1-2-8(4-9)18-7-17-5-11(18)10(16)6-19/h1-5,7,10,19H,6,16H2. The lowest BCUT2D eigenvalue weighted by atomic mass is 10.2. The first-order valence-electron chi connectivity index (χ1n) is 5.65. The molecule has 0 aliphatic rings. The fourth-order valence-corrected chi connectivity index (χ4v) is 1.72. The van der Waals surface area contributed by atoms with Crippen LogP contribution < -0.4 is 10.5 Å². The van der Waals surface area contributed by atoms with Gasteiger partial charge in [0.15, 0.2) is 0 Å². The van der Waals surface area contributed by atoms with Crippen LogP contribution in [0.15, 0.2) is 36.8 Å². The van der Waals surface area contributed by atoms with E-state index in [1.54, 1.807) is 6.07 Å². The van der Waals surface area contributed by atoms with E-state index in [0.717, 1.165) is 0 Å². The zero-order valence-electron chi connectivity index (χ0n) is 10.2. The molecule has 0 bridgehead atoms. The molecule has 1 unspecified atom stereocenters. The van der Waals surface area contributed by atoms with Gasteiger partial charge in [0.05, 0.1) is 36.6 Å². The van der Waals surface area contributed by atoms with Gasteiger partial charge in [-0.2, -0.15) is 0 Å². The molecule has 2 aromatic rings. The van der Waals surface area contributed by atoms with Gasteiger partial charge < -0.3 is 20.1 Å². The fraction of sp³-hybridized carbons (Fsp3) is 0.250. The lowest BCUT2D eigenvalue weighted by Crippen LogP contribution is -2.19. The third-order valence-corrected chi connectivity index (χ3v) is 2.57. The molecule has 8 heteroatoms. The largest absolute Gasteiger partial charge is 0.573 e. The number of ether oxygens (including phenoxy) is 1. The van der Waals surface area contributed by atoms with E-state index in [0.29, 0.717) is 11.4 Å². The number of benzene rings is 1. The van der Waals surface area contributed by atoms with E-state index in [1.165, 1.54) is 35.3 Å². The lowest BCUT2D eigenvalue weighted by Gasteiger charge is -2.14. The second-order valence-electron chi connectivity index (χ2n) is 4.02. The molecule has 5 nitrogen and oxygen atoms in total. The first-order valence-corrected chi connectivity index (χ1v) is 5.65. The summed E-state index contributed by atoms with van der Waals surface area (Å²) in [5, 5.41) is 9.05. The zero-order chi connectivity index (χ0) is 14.8. The van der Waals surface area contributed by atoms with Crippen molar-refractivity contribution in [2.75, 3.05) is 6.61 Å². The Kier molecular flexibility index (Phi) is 3.96. The highest BCUT2D eigenvalue weighted by molar-refractivity contribution is 5.41. The molecule has 1 aromatic carbocycles. The predicted octanol–water partition coefficient (Wildman–Crippen LogP) is 1.76. The van der Waals surface area contributed by atoms with Crippen molar-refractivity contribution in [2.45, 2.75) is 12.4 Å². The van der Waals surface area contributed by atoms with Crippen LogP contribution in [0.1, 0.15) is 11.7 Å². The summed E-state index contributed by atoms with van der Waals surface area (Å²) < 4.78 is 41.9. The van der Waals surface area contributed by atoms with Crippen LogP contribution in [0.4, 0.5) is 13.2 Å². The summed E-state index contributed by atoms with van der Waals surface area (Å²) in [7, 11) is 0. The summed E-state index contributed by atoms with van der Waals surface area (Å²) in [5.74, 6) is -0.341. The van der Waals surface area contributed by atoms with Gasteiger partial charge in [-0.15, -0.1) is 13.2 Å². The molecule has 20 heavy (non-hydrogen) atoms. The number of nitrogens with two attached hydrogens (primary N) is 1. The van der Waals surface area contributed by atoms with Crippen LogP contribution in [0.25, 0.3) is 5.69 Å². The highest BCUT2D eigenvalue weighted by Gasteiger charge is 2.31. The van der Waals surface area contributed by atoms with Crippen molar-refractivity contribution >= 4 is 0 Å². The SMILES string of the molecule is NC(CO)c1cncn1-c1cccc(OC(F)(F)F)c1. The molecule has 0 saturated heterocycles. The van der Waals surface area contributed by atoms with Gasteiger partial charge in [0.25, 0.3) is 0 Å². The Morgan fingerprint density at radius 1 is 1.40 bits per heavy atom. The average molecular weight is 287 g/mol. The van der Waals surface area contributed by atoms with E-state index in [2.05, 4.69) is 9.72 Å². The molecule has 0 aliphatic carbocycles. The molecule has 2 rings (SSSR count). The van der Waals surface area contributed by atoms with Gasteiger partial charge in [-0.1, -0.05) is 6.07 Å². The summed E-state index contributed by atoms with van der Waals surface area (Å²) in [6, 6.07) is 4.73. The number of hydrogen-bond donors (Lipinski definition) is 2. The van der Waals surface area contributed by atoms with E-state index in [9.17, 15) is 13.2 Å². The Morgan fingerprint density at radius 2 is 2.15 bits per heavy atom. The summed E-state index contributed by atoms with van der Waals surface area (Å²) >= 11 is 0. The summed E-state index contributed by atoms with van der Waals surface area (Å²) in [4.78, 5) is 3.88. The monoisotopic (exact) mass is 287 g/mol. The van der Waals surface area contributed by atoms with Crippen molar-refractivity contribution in [3.63, 3.8) is 0 Å². The molecule has 108 valence electrons. The number of alkyl halides is 3. The van der Waals surface area contributed by atoms with Crippen molar-refractivity contribution in [1.82, 2.24) is 9.55 Å². The van der Waals surface area contributed by atoms with E-state index in [1.807, 2.05) is 0 Å². The minimum atomic E-state index is -4.75. The number of hydrogen-bond acceptors (Lipinski definition) is 4. The molecular weight excluding hydrogens is 275 g/mol. The van der Waals surface area contributed by atoms with Crippen molar-refractivity contribution in [3.8, 4) is 11.4 Å². The molecule has 0 fully saturated rings. The van der Waals surface area contributed by atoms with E-state index >= 15 is 0 Å². The molecule has 1 aromatic heterocycles. The first kappa shape index (κ1) is 14.4. The maximum atomic E-state index is 12.2. The first-order chi connectivity index (χ1) is 9.40. The Morgan fingerprint density at radius 3 is 2.80 bits per heavy atom. The summed E-state index contributed by atoms with van der Waals surface area (Å²) in [6.07, 6.45) is -1.91. The molecular formula is C12H12F3N3O2. The number of imidazole rings is 1. The highest BCUT2D eigenvalue weighted by Crippen LogP contribution is 2.25. The van der Waals surface area contributed by atoms with Crippen LogP contribution in [-0.4, -0.2) is 27.6 Å². The average Bonchev–Trinajstić information content (AvgIpc) is 2.85. The number of nitrogens with zero attached hydrogens (tertiary/aromatic N) is 2. The molecule has 1 heterocycles. The van der Waals surface area contributed by atoms with Crippen molar-refractivity contribution in [2.24, 2.45) is 5.73 Å². The molecule has 0 aliphatic heterocycles. The van der Waals surface area contributed by atoms with Crippen LogP contribution in [0.3, 0.4) is 0 Å². The maximum absolute atomic E-state index is 12.2. The van der Waals surface area contributed by atoms with Crippen LogP contribution in [-0.2, 0) is 0 Å². The van der Waals surface area contributed by atoms with Gasteiger partial charge in [-0.25, -0.2) is 4.98 Å². The van der Waals surface area contributed by atoms with E-state index < -0.39 is 12.4 Å². The van der Waals surface area contributed by atoms with Crippen LogP contribution in [0.2, 0.25) is 0 Å². The van der Waals surface area contributed by atoms with Gasteiger partial charge in [0.1, 0.15) is 5.75 Å². The Hall–Kier alpha value is -2.06. The smallest absolute Gasteiger partial charge is 0.406 e. The molecule has 0 spiro atoms. The predicted molar refractivity (Wildman–Crippen MR) is 64.3 cm³/mol. The molecule has 0 radical (unpaired) electrons. The fourth-order valence-electron chi connectivity index (χ4n) is 1.72. The number of aromatic nitrogens is 2. The summed E-state index contributed by atoms with van der Waals surface area (Å²) in [5.41, 5.74) is 6.58. The minimum Gasteiger partial charge on any atom is -0.406 e.